The first-order valence-electron chi connectivity index (χ1n) is 6.27. The van der Waals surface area contributed by atoms with Crippen molar-refractivity contribution in [2.75, 3.05) is 0 Å². The van der Waals surface area contributed by atoms with Gasteiger partial charge in [0.05, 0.1) is 0 Å². The Morgan fingerprint density at radius 3 is 2.30 bits per heavy atom. The molecule has 6 heteroatoms. The van der Waals surface area contributed by atoms with E-state index in [4.69, 9.17) is 0 Å². The molecule has 1 saturated carbocycles. The number of hydrogen-bond donors (Lipinski definition) is 1. The quantitative estimate of drug-likeness (QED) is 0.922. The van der Waals surface area contributed by atoms with Crippen molar-refractivity contribution in [1.82, 2.24) is 4.90 Å². The molecular formula is C14H15F2NO3. The van der Waals surface area contributed by atoms with Gasteiger partial charge in [-0.05, 0) is 37.5 Å². The van der Waals surface area contributed by atoms with Gasteiger partial charge in [0.1, 0.15) is 0 Å². The summed E-state index contributed by atoms with van der Waals surface area (Å²) in [6.07, 6.45) is 1.43. The van der Waals surface area contributed by atoms with Gasteiger partial charge in [0.2, 0.25) is 5.91 Å². The van der Waals surface area contributed by atoms with Gasteiger partial charge in [-0.2, -0.15) is 0 Å². The van der Waals surface area contributed by atoms with Gasteiger partial charge in [-0.25, -0.2) is 13.6 Å². The van der Waals surface area contributed by atoms with E-state index in [0.29, 0.717) is 12.8 Å². The summed E-state index contributed by atoms with van der Waals surface area (Å²) in [5.74, 6) is -3.86. The smallest absolute Gasteiger partial charge is 0.334 e. The highest BCUT2D eigenvalue weighted by Crippen LogP contribution is 2.39. The van der Waals surface area contributed by atoms with Gasteiger partial charge in [0.15, 0.2) is 17.2 Å². The van der Waals surface area contributed by atoms with Gasteiger partial charge in [-0.1, -0.05) is 6.07 Å². The van der Waals surface area contributed by atoms with Crippen molar-refractivity contribution in [3.63, 3.8) is 0 Å². The molecule has 0 radical (unpaired) electrons. The molecule has 0 aliphatic heterocycles. The lowest BCUT2D eigenvalue weighted by atomic mass is 9.89. The molecule has 1 aliphatic rings. The van der Waals surface area contributed by atoms with Gasteiger partial charge in [0.25, 0.3) is 0 Å². The van der Waals surface area contributed by atoms with Crippen molar-refractivity contribution in [3.8, 4) is 0 Å². The number of amides is 1. The minimum absolute atomic E-state index is 0.0472. The van der Waals surface area contributed by atoms with E-state index in [1.54, 1.807) is 0 Å². The van der Waals surface area contributed by atoms with Crippen molar-refractivity contribution >= 4 is 11.9 Å². The lowest BCUT2D eigenvalue weighted by Gasteiger charge is -2.38. The van der Waals surface area contributed by atoms with Crippen LogP contribution < -0.4 is 0 Å². The van der Waals surface area contributed by atoms with E-state index in [2.05, 4.69) is 0 Å². The number of nitrogens with zero attached hydrogens (tertiary/aromatic N) is 1. The molecule has 0 aromatic heterocycles. The Morgan fingerprint density at radius 1 is 1.30 bits per heavy atom. The highest BCUT2D eigenvalue weighted by molar-refractivity contribution is 5.87. The Morgan fingerprint density at radius 2 is 1.90 bits per heavy atom. The monoisotopic (exact) mass is 283 g/mol. The molecule has 108 valence electrons. The zero-order chi connectivity index (χ0) is 15.1. The summed E-state index contributed by atoms with van der Waals surface area (Å²) >= 11 is 0. The number of benzene rings is 1. The summed E-state index contributed by atoms with van der Waals surface area (Å²) in [7, 11) is 0. The van der Waals surface area contributed by atoms with Gasteiger partial charge in [-0.15, -0.1) is 0 Å². The van der Waals surface area contributed by atoms with E-state index in [1.807, 2.05) is 0 Å². The third-order valence-electron chi connectivity index (χ3n) is 3.63. The Labute approximate surface area is 115 Å². The summed E-state index contributed by atoms with van der Waals surface area (Å²) in [5.41, 5.74) is -1.66. The summed E-state index contributed by atoms with van der Waals surface area (Å²) in [5, 5.41) is 9.53. The van der Waals surface area contributed by atoms with Crippen LogP contribution in [-0.2, 0) is 15.1 Å². The van der Waals surface area contributed by atoms with Crippen LogP contribution in [0.5, 0.6) is 0 Å². The predicted octanol–water partition coefficient (Wildman–Crippen LogP) is 2.28. The molecule has 2 rings (SSSR count). The highest BCUT2D eigenvalue weighted by Gasteiger charge is 2.49. The van der Waals surface area contributed by atoms with E-state index in [9.17, 15) is 23.5 Å². The first-order chi connectivity index (χ1) is 9.28. The van der Waals surface area contributed by atoms with Crippen molar-refractivity contribution in [3.05, 3.63) is 35.4 Å². The van der Waals surface area contributed by atoms with Crippen LogP contribution in [0.3, 0.4) is 0 Å². The number of rotatable bonds is 4. The molecule has 1 amide bonds. The molecule has 20 heavy (non-hydrogen) atoms. The molecule has 1 atom stereocenters. The van der Waals surface area contributed by atoms with Crippen LogP contribution in [0.4, 0.5) is 8.78 Å². The average molecular weight is 283 g/mol. The first-order valence-corrected chi connectivity index (χ1v) is 6.27. The number of hydrogen-bond acceptors (Lipinski definition) is 2. The number of aliphatic carboxylic acids is 1. The molecule has 0 saturated heterocycles. The summed E-state index contributed by atoms with van der Waals surface area (Å²) in [6.45, 7) is 2.61. The summed E-state index contributed by atoms with van der Waals surface area (Å²) in [6, 6.07) is 2.74. The summed E-state index contributed by atoms with van der Waals surface area (Å²) < 4.78 is 26.4. The van der Waals surface area contributed by atoms with Crippen LogP contribution >= 0.6 is 0 Å². The van der Waals surface area contributed by atoms with Gasteiger partial charge in [0, 0.05) is 13.0 Å². The molecule has 0 bridgehead atoms. The second kappa shape index (κ2) is 4.85. The lowest BCUT2D eigenvalue weighted by Crippen LogP contribution is -2.53. The fourth-order valence-corrected chi connectivity index (χ4v) is 2.43. The van der Waals surface area contributed by atoms with Gasteiger partial charge >= 0.3 is 5.97 Å². The largest absolute Gasteiger partial charge is 0.479 e. The first kappa shape index (κ1) is 14.4. The molecule has 0 spiro atoms. The Bertz CT molecular complexity index is 572. The van der Waals surface area contributed by atoms with Crippen LogP contribution in [0.15, 0.2) is 18.2 Å². The zero-order valence-corrected chi connectivity index (χ0v) is 11.2. The maximum atomic E-state index is 13.4. The number of carbonyl (C=O) groups is 2. The SMILES string of the molecule is CC(=O)N(C1CC1)C(C)(C(=O)O)c1ccc(F)c(F)c1. The fourth-order valence-electron chi connectivity index (χ4n) is 2.43. The van der Waals surface area contributed by atoms with E-state index in [0.717, 1.165) is 12.1 Å². The topological polar surface area (TPSA) is 57.6 Å². The minimum atomic E-state index is -1.71. The third-order valence-corrected chi connectivity index (χ3v) is 3.63. The van der Waals surface area contributed by atoms with E-state index >= 15 is 0 Å². The average Bonchev–Trinajstić information content (AvgIpc) is 3.16. The Hall–Kier alpha value is -1.98. The maximum absolute atomic E-state index is 13.4. The van der Waals surface area contributed by atoms with Crippen molar-refractivity contribution in [2.24, 2.45) is 0 Å². The lowest BCUT2D eigenvalue weighted by molar-refractivity contribution is -0.159. The fraction of sp³-hybridized carbons (Fsp3) is 0.429. The minimum Gasteiger partial charge on any atom is -0.479 e. The maximum Gasteiger partial charge on any atom is 0.334 e. The second-order valence-corrected chi connectivity index (χ2v) is 5.13. The normalized spacial score (nSPS) is 17.4. The van der Waals surface area contributed by atoms with E-state index in [1.165, 1.54) is 24.8 Å². The summed E-state index contributed by atoms with van der Waals surface area (Å²) in [4.78, 5) is 24.7. The number of carbonyl (C=O) groups excluding carboxylic acids is 1. The molecule has 1 aromatic rings. The van der Waals surface area contributed by atoms with Crippen LogP contribution in [0, 0.1) is 11.6 Å². The number of carboxylic acid groups (broad SMARTS) is 1. The van der Waals surface area contributed by atoms with E-state index in [-0.39, 0.29) is 11.6 Å². The molecule has 1 aromatic carbocycles. The van der Waals surface area contributed by atoms with Crippen molar-refractivity contribution in [2.45, 2.75) is 38.3 Å². The zero-order valence-electron chi connectivity index (χ0n) is 11.2. The molecule has 4 nitrogen and oxygen atoms in total. The van der Waals surface area contributed by atoms with Gasteiger partial charge < -0.3 is 10.0 Å². The van der Waals surface area contributed by atoms with Crippen LogP contribution in [0.1, 0.15) is 32.3 Å². The van der Waals surface area contributed by atoms with E-state index < -0.39 is 29.0 Å². The highest BCUT2D eigenvalue weighted by atomic mass is 19.2. The van der Waals surface area contributed by atoms with Crippen molar-refractivity contribution < 1.29 is 23.5 Å². The molecular weight excluding hydrogens is 268 g/mol. The van der Waals surface area contributed by atoms with Crippen LogP contribution in [0.2, 0.25) is 0 Å². The third kappa shape index (κ3) is 2.26. The molecule has 1 N–H and O–H groups in total. The molecule has 1 unspecified atom stereocenters. The van der Waals surface area contributed by atoms with Crippen molar-refractivity contribution in [1.29, 1.82) is 0 Å². The predicted molar refractivity (Wildman–Crippen MR) is 66.9 cm³/mol. The Balaban J connectivity index is 2.55. The van der Waals surface area contributed by atoms with Gasteiger partial charge in [-0.3, -0.25) is 4.79 Å². The molecule has 1 fully saturated rings. The molecule has 0 heterocycles. The Kier molecular flexibility index (Phi) is 3.50. The standard InChI is InChI=1S/C14H15F2NO3/c1-8(18)17(10-4-5-10)14(2,13(19)20)9-3-6-11(15)12(16)7-9/h3,6-7,10H,4-5H2,1-2H3,(H,19,20). The van der Waals surface area contributed by atoms with Crippen LogP contribution in [-0.4, -0.2) is 27.9 Å². The van der Waals surface area contributed by atoms with Crippen LogP contribution in [0.25, 0.3) is 0 Å². The number of carboxylic acids is 1. The second-order valence-electron chi connectivity index (χ2n) is 5.13. The molecule has 1 aliphatic carbocycles. The number of halogens is 2.